The molecule has 0 saturated heterocycles. The van der Waals surface area contributed by atoms with Gasteiger partial charge in [-0.25, -0.2) is 4.79 Å². The topological polar surface area (TPSA) is 78.4 Å². The van der Waals surface area contributed by atoms with Crippen LogP contribution in [0.4, 0.5) is 4.79 Å². The molecule has 0 aromatic carbocycles. The van der Waals surface area contributed by atoms with E-state index in [-0.39, 0.29) is 5.41 Å². The van der Waals surface area contributed by atoms with Crippen LogP contribution in [-0.2, 0) is 4.79 Å². The zero-order valence-electron chi connectivity index (χ0n) is 8.46. The van der Waals surface area contributed by atoms with Gasteiger partial charge in [0.15, 0.2) is 0 Å². The molecule has 1 aliphatic rings. The standard InChI is InChI=1S/C9H16N2O3/c1-6(7(12)13)11-8(14)10-5-9(2)3-4-9/h6H,3-5H2,1-2H3,(H,12,13)(H2,10,11,14)/t6-/m0/s1. The molecule has 5 nitrogen and oxygen atoms in total. The van der Waals surface area contributed by atoms with Gasteiger partial charge < -0.3 is 15.7 Å². The van der Waals surface area contributed by atoms with E-state index >= 15 is 0 Å². The average Bonchev–Trinajstić information content (AvgIpc) is 2.81. The lowest BCUT2D eigenvalue weighted by Gasteiger charge is -2.13. The van der Waals surface area contributed by atoms with Gasteiger partial charge >= 0.3 is 12.0 Å². The number of rotatable bonds is 4. The molecule has 2 amide bonds. The van der Waals surface area contributed by atoms with Crippen molar-refractivity contribution in [2.45, 2.75) is 32.7 Å². The molecular formula is C9H16N2O3. The first kappa shape index (κ1) is 10.8. The fraction of sp³-hybridized carbons (Fsp3) is 0.778. The van der Waals surface area contributed by atoms with Gasteiger partial charge in [0.05, 0.1) is 0 Å². The molecule has 0 unspecified atom stereocenters. The predicted octanol–water partition coefficient (Wildman–Crippen LogP) is 0.559. The number of urea groups is 1. The Balaban J connectivity index is 2.18. The monoisotopic (exact) mass is 200 g/mol. The summed E-state index contributed by atoms with van der Waals surface area (Å²) in [6.07, 6.45) is 2.25. The number of carbonyl (C=O) groups is 2. The third-order valence-corrected chi connectivity index (χ3v) is 2.50. The Kier molecular flexibility index (Phi) is 2.98. The molecule has 14 heavy (non-hydrogen) atoms. The van der Waals surface area contributed by atoms with Crippen LogP contribution < -0.4 is 10.6 Å². The van der Waals surface area contributed by atoms with Gasteiger partial charge in [0.25, 0.3) is 0 Å². The molecule has 0 heterocycles. The van der Waals surface area contributed by atoms with Crippen molar-refractivity contribution >= 4 is 12.0 Å². The van der Waals surface area contributed by atoms with Crippen molar-refractivity contribution in [3.8, 4) is 0 Å². The first-order valence-electron chi connectivity index (χ1n) is 4.70. The van der Waals surface area contributed by atoms with Crippen LogP contribution in [0.3, 0.4) is 0 Å². The molecular weight excluding hydrogens is 184 g/mol. The quantitative estimate of drug-likeness (QED) is 0.620. The summed E-state index contributed by atoms with van der Waals surface area (Å²) < 4.78 is 0. The molecule has 1 atom stereocenters. The molecule has 0 radical (unpaired) electrons. The van der Waals surface area contributed by atoms with Gasteiger partial charge in [-0.2, -0.15) is 0 Å². The average molecular weight is 200 g/mol. The summed E-state index contributed by atoms with van der Waals surface area (Å²) in [5.74, 6) is -1.03. The lowest BCUT2D eigenvalue weighted by Crippen LogP contribution is -2.45. The van der Waals surface area contributed by atoms with Crippen molar-refractivity contribution in [3.63, 3.8) is 0 Å². The third kappa shape index (κ3) is 3.24. The van der Waals surface area contributed by atoms with Gasteiger partial charge in [-0.3, -0.25) is 4.79 Å². The first-order valence-corrected chi connectivity index (χ1v) is 4.70. The number of carbonyl (C=O) groups excluding carboxylic acids is 1. The van der Waals surface area contributed by atoms with E-state index < -0.39 is 18.0 Å². The minimum atomic E-state index is -1.03. The van der Waals surface area contributed by atoms with Crippen molar-refractivity contribution in [2.75, 3.05) is 6.54 Å². The van der Waals surface area contributed by atoms with Gasteiger partial charge in [0, 0.05) is 6.54 Å². The lowest BCUT2D eigenvalue weighted by molar-refractivity contribution is -0.138. The Morgan fingerprint density at radius 3 is 2.50 bits per heavy atom. The Morgan fingerprint density at radius 1 is 1.50 bits per heavy atom. The number of hydrogen-bond donors (Lipinski definition) is 3. The second-order valence-corrected chi connectivity index (χ2v) is 4.20. The van der Waals surface area contributed by atoms with Crippen molar-refractivity contribution < 1.29 is 14.7 Å². The summed E-state index contributed by atoms with van der Waals surface area (Å²) >= 11 is 0. The Labute approximate surface area is 82.9 Å². The molecule has 5 heteroatoms. The van der Waals surface area contributed by atoms with Crippen LogP contribution in [0.25, 0.3) is 0 Å². The zero-order chi connectivity index (χ0) is 10.8. The zero-order valence-corrected chi connectivity index (χ0v) is 8.46. The van der Waals surface area contributed by atoms with Crippen molar-refractivity contribution in [3.05, 3.63) is 0 Å². The third-order valence-electron chi connectivity index (χ3n) is 2.50. The highest BCUT2D eigenvalue weighted by Crippen LogP contribution is 2.43. The van der Waals surface area contributed by atoms with Gasteiger partial charge in [-0.15, -0.1) is 0 Å². The normalized spacial score (nSPS) is 19.6. The SMILES string of the molecule is C[C@H](NC(=O)NCC1(C)CC1)C(=O)O. The van der Waals surface area contributed by atoms with Crippen molar-refractivity contribution in [1.29, 1.82) is 0 Å². The van der Waals surface area contributed by atoms with E-state index in [1.807, 2.05) is 0 Å². The van der Waals surface area contributed by atoms with Gasteiger partial charge in [-0.05, 0) is 25.2 Å². The summed E-state index contributed by atoms with van der Waals surface area (Å²) in [6.45, 7) is 4.14. The molecule has 0 bridgehead atoms. The largest absolute Gasteiger partial charge is 0.480 e. The molecule has 1 fully saturated rings. The summed E-state index contributed by atoms with van der Waals surface area (Å²) in [6, 6.07) is -1.25. The number of aliphatic carboxylic acids is 1. The van der Waals surface area contributed by atoms with Crippen LogP contribution in [0.5, 0.6) is 0 Å². The van der Waals surface area contributed by atoms with E-state index in [9.17, 15) is 9.59 Å². The Morgan fingerprint density at radius 2 is 2.07 bits per heavy atom. The summed E-state index contributed by atoms with van der Waals surface area (Å²) in [5.41, 5.74) is 0.240. The van der Waals surface area contributed by atoms with E-state index in [0.29, 0.717) is 6.54 Å². The first-order chi connectivity index (χ1) is 6.43. The second-order valence-electron chi connectivity index (χ2n) is 4.20. The van der Waals surface area contributed by atoms with Crippen molar-refractivity contribution in [1.82, 2.24) is 10.6 Å². The summed E-state index contributed by atoms with van der Waals surface area (Å²) in [4.78, 5) is 21.6. The van der Waals surface area contributed by atoms with E-state index in [2.05, 4.69) is 17.6 Å². The minimum Gasteiger partial charge on any atom is -0.480 e. The highest BCUT2D eigenvalue weighted by atomic mass is 16.4. The van der Waals surface area contributed by atoms with Gasteiger partial charge in [0.1, 0.15) is 6.04 Å². The summed E-state index contributed by atoms with van der Waals surface area (Å²) in [7, 11) is 0. The van der Waals surface area contributed by atoms with E-state index in [1.54, 1.807) is 0 Å². The number of amides is 2. The van der Waals surface area contributed by atoms with Crippen LogP contribution in [0.15, 0.2) is 0 Å². The van der Waals surface area contributed by atoms with Crippen LogP contribution in [0.2, 0.25) is 0 Å². The maximum atomic E-state index is 11.1. The maximum absolute atomic E-state index is 11.1. The minimum absolute atomic E-state index is 0.240. The molecule has 80 valence electrons. The maximum Gasteiger partial charge on any atom is 0.325 e. The molecule has 1 aliphatic carbocycles. The van der Waals surface area contributed by atoms with Crippen LogP contribution in [0, 0.1) is 5.41 Å². The number of nitrogens with one attached hydrogen (secondary N) is 2. The Bertz CT molecular complexity index is 248. The molecule has 3 N–H and O–H groups in total. The highest BCUT2D eigenvalue weighted by Gasteiger charge is 2.37. The Hall–Kier alpha value is -1.26. The fourth-order valence-electron chi connectivity index (χ4n) is 0.993. The molecule has 0 spiro atoms. The van der Waals surface area contributed by atoms with Gasteiger partial charge in [0.2, 0.25) is 0 Å². The van der Waals surface area contributed by atoms with Crippen LogP contribution >= 0.6 is 0 Å². The van der Waals surface area contributed by atoms with E-state index in [4.69, 9.17) is 5.11 Å². The highest BCUT2D eigenvalue weighted by molar-refractivity contribution is 5.82. The van der Waals surface area contributed by atoms with Crippen LogP contribution in [0.1, 0.15) is 26.7 Å². The summed E-state index contributed by atoms with van der Waals surface area (Å²) in [5, 5.41) is 13.5. The lowest BCUT2D eigenvalue weighted by atomic mass is 10.1. The van der Waals surface area contributed by atoms with E-state index in [1.165, 1.54) is 6.92 Å². The predicted molar refractivity (Wildman–Crippen MR) is 51.0 cm³/mol. The fourth-order valence-corrected chi connectivity index (χ4v) is 0.993. The molecule has 0 aromatic rings. The molecule has 1 rings (SSSR count). The smallest absolute Gasteiger partial charge is 0.325 e. The number of hydrogen-bond acceptors (Lipinski definition) is 2. The molecule has 0 aromatic heterocycles. The molecule has 0 aliphatic heterocycles. The number of carboxylic acids is 1. The van der Waals surface area contributed by atoms with Crippen LogP contribution in [-0.4, -0.2) is 29.7 Å². The van der Waals surface area contributed by atoms with E-state index in [0.717, 1.165) is 12.8 Å². The van der Waals surface area contributed by atoms with Crippen molar-refractivity contribution in [2.24, 2.45) is 5.41 Å². The van der Waals surface area contributed by atoms with Gasteiger partial charge in [-0.1, -0.05) is 6.92 Å². The molecule has 1 saturated carbocycles. The second kappa shape index (κ2) is 3.86. The number of carboxylic acid groups (broad SMARTS) is 1.